The van der Waals surface area contributed by atoms with Crippen LogP contribution in [-0.2, 0) is 4.79 Å². The Morgan fingerprint density at radius 3 is 3.21 bits per heavy atom. The van der Waals surface area contributed by atoms with Crippen molar-refractivity contribution in [3.8, 4) is 0 Å². The summed E-state index contributed by atoms with van der Waals surface area (Å²) in [4.78, 5) is 14.8. The highest BCUT2D eigenvalue weighted by Crippen LogP contribution is 2.27. The average molecular weight is 213 g/mol. The average Bonchev–Trinajstić information content (AvgIpc) is 2.59. The van der Waals surface area contributed by atoms with Crippen molar-refractivity contribution in [2.45, 2.75) is 12.6 Å². The molecule has 2 aliphatic heterocycles. The van der Waals surface area contributed by atoms with Gasteiger partial charge in [0, 0.05) is 19.2 Å². The maximum atomic E-state index is 10.7. The zero-order chi connectivity index (χ0) is 10.1. The lowest BCUT2D eigenvalue weighted by Crippen LogP contribution is -2.35. The van der Waals surface area contributed by atoms with Crippen molar-refractivity contribution >= 4 is 23.6 Å². The van der Waals surface area contributed by atoms with Gasteiger partial charge in [0.15, 0.2) is 0 Å². The molecule has 0 aliphatic carbocycles. The van der Waals surface area contributed by atoms with Gasteiger partial charge < -0.3 is 5.11 Å². The van der Waals surface area contributed by atoms with Crippen molar-refractivity contribution in [2.24, 2.45) is 4.99 Å². The highest BCUT2D eigenvalue weighted by molar-refractivity contribution is 7.96. The summed E-state index contributed by atoms with van der Waals surface area (Å²) in [7, 11) is 0. The fraction of sp³-hybridized carbons (Fsp3) is 0.500. The molecule has 0 spiro atoms. The lowest BCUT2D eigenvalue weighted by Gasteiger charge is -2.29. The molecule has 1 fully saturated rings. The summed E-state index contributed by atoms with van der Waals surface area (Å²) in [5, 5.41) is 10.7. The number of fused-ring (bicyclic) bond motifs is 1. The molecule has 0 amide bonds. The van der Waals surface area contributed by atoms with Gasteiger partial charge in [-0.25, -0.2) is 4.79 Å². The molecule has 1 N–H and O–H groups in total. The summed E-state index contributed by atoms with van der Waals surface area (Å²) < 4.78 is 2.07. The Morgan fingerprint density at radius 1 is 1.79 bits per heavy atom. The number of hydrogen-bond acceptors (Lipinski definition) is 5. The number of carbonyl (C=O) groups is 1. The van der Waals surface area contributed by atoms with Crippen LogP contribution in [-0.4, -0.2) is 45.2 Å². The first kappa shape index (κ1) is 9.54. The second-order valence-corrected chi connectivity index (χ2v) is 3.83. The molecule has 0 aromatic heterocycles. The van der Waals surface area contributed by atoms with Crippen LogP contribution >= 0.6 is 11.9 Å². The monoisotopic (exact) mass is 213 g/mol. The van der Waals surface area contributed by atoms with Crippen molar-refractivity contribution < 1.29 is 9.90 Å². The molecule has 2 heterocycles. The van der Waals surface area contributed by atoms with E-state index in [1.165, 1.54) is 6.08 Å². The Balaban J connectivity index is 2.16. The van der Waals surface area contributed by atoms with E-state index in [2.05, 4.69) is 9.41 Å². The summed E-state index contributed by atoms with van der Waals surface area (Å²) in [6.07, 6.45) is 6.16. The molecular formula is C8H11N3O2S. The first-order valence-corrected chi connectivity index (χ1v) is 5.49. The van der Waals surface area contributed by atoms with Crippen molar-refractivity contribution in [2.75, 3.05) is 12.8 Å². The number of carboxylic acids is 1. The van der Waals surface area contributed by atoms with Crippen LogP contribution in [0.1, 0.15) is 6.42 Å². The van der Waals surface area contributed by atoms with Crippen molar-refractivity contribution in [3.63, 3.8) is 0 Å². The van der Waals surface area contributed by atoms with Crippen molar-refractivity contribution in [1.29, 1.82) is 0 Å². The normalized spacial score (nSPS) is 26.2. The minimum atomic E-state index is -0.955. The summed E-state index contributed by atoms with van der Waals surface area (Å²) in [5.41, 5.74) is 0.147. The van der Waals surface area contributed by atoms with Gasteiger partial charge in [-0.2, -0.15) is 4.41 Å². The first-order valence-electron chi connectivity index (χ1n) is 4.31. The van der Waals surface area contributed by atoms with E-state index in [0.717, 1.165) is 13.0 Å². The van der Waals surface area contributed by atoms with Gasteiger partial charge in [-0.3, -0.25) is 10.0 Å². The Hall–Kier alpha value is -1.01. The molecule has 0 saturated carbocycles. The van der Waals surface area contributed by atoms with Crippen LogP contribution in [0.2, 0.25) is 0 Å². The molecule has 0 aromatic rings. The number of aliphatic carboxylic acids is 1. The lowest BCUT2D eigenvalue weighted by molar-refractivity contribution is -0.129. The fourth-order valence-electron chi connectivity index (χ4n) is 1.58. The van der Waals surface area contributed by atoms with Gasteiger partial charge >= 0.3 is 5.97 Å². The Bertz CT molecular complexity index is 316. The summed E-state index contributed by atoms with van der Waals surface area (Å²) in [5.74, 6) is -0.955. The van der Waals surface area contributed by atoms with Crippen LogP contribution in [0.4, 0.5) is 0 Å². The van der Waals surface area contributed by atoms with Gasteiger partial charge in [0.05, 0.1) is 0 Å². The van der Waals surface area contributed by atoms with E-state index in [1.54, 1.807) is 18.1 Å². The van der Waals surface area contributed by atoms with Gasteiger partial charge in [-0.1, -0.05) is 11.9 Å². The highest BCUT2D eigenvalue weighted by Gasteiger charge is 2.31. The number of hydrazine groups is 1. The zero-order valence-corrected chi connectivity index (χ0v) is 8.57. The second-order valence-electron chi connectivity index (χ2n) is 3.04. The number of rotatable bonds is 2. The van der Waals surface area contributed by atoms with Crippen molar-refractivity contribution in [1.82, 2.24) is 9.42 Å². The van der Waals surface area contributed by atoms with Crippen LogP contribution in [0.5, 0.6) is 0 Å². The molecule has 2 rings (SSSR count). The van der Waals surface area contributed by atoms with Crippen LogP contribution in [0, 0.1) is 0 Å². The van der Waals surface area contributed by atoms with Crippen molar-refractivity contribution in [3.05, 3.63) is 12.3 Å². The van der Waals surface area contributed by atoms with Crippen LogP contribution in [0.25, 0.3) is 0 Å². The largest absolute Gasteiger partial charge is 0.477 e. The van der Waals surface area contributed by atoms with E-state index in [0.29, 0.717) is 0 Å². The van der Waals surface area contributed by atoms with E-state index in [9.17, 15) is 4.79 Å². The van der Waals surface area contributed by atoms with Gasteiger partial charge in [0.25, 0.3) is 0 Å². The highest BCUT2D eigenvalue weighted by atomic mass is 32.2. The lowest BCUT2D eigenvalue weighted by atomic mass is 10.3. The minimum absolute atomic E-state index is 0.0291. The number of hydrogen-bond donors (Lipinski definition) is 1. The molecule has 0 aromatic carbocycles. The fourth-order valence-corrected chi connectivity index (χ4v) is 2.22. The topological polar surface area (TPSA) is 56.1 Å². The van der Waals surface area contributed by atoms with Gasteiger partial charge in [0.2, 0.25) is 0 Å². The van der Waals surface area contributed by atoms with Gasteiger partial charge in [0.1, 0.15) is 11.9 Å². The third-order valence-electron chi connectivity index (χ3n) is 2.24. The van der Waals surface area contributed by atoms with Crippen LogP contribution in [0.3, 0.4) is 0 Å². The standard InChI is InChI=1S/C8H11N3O2S/c1-14-11-5-3-7-9-6(8(12)13)2-4-10(7)11/h2,4,7H,3,5H2,1H3,(H,12,13). The maximum Gasteiger partial charge on any atom is 0.354 e. The van der Waals surface area contributed by atoms with E-state index < -0.39 is 5.97 Å². The predicted octanol–water partition coefficient (Wildman–Crippen LogP) is 0.566. The second kappa shape index (κ2) is 3.62. The molecule has 1 saturated heterocycles. The number of nitrogens with zero attached hydrogens (tertiary/aromatic N) is 3. The quantitative estimate of drug-likeness (QED) is 0.679. The molecule has 5 nitrogen and oxygen atoms in total. The van der Waals surface area contributed by atoms with Gasteiger partial charge in [-0.05, 0) is 12.3 Å². The Morgan fingerprint density at radius 2 is 2.57 bits per heavy atom. The van der Waals surface area contributed by atoms with E-state index in [1.807, 2.05) is 11.3 Å². The maximum absolute atomic E-state index is 10.7. The molecule has 6 heteroatoms. The Labute approximate surface area is 86.2 Å². The van der Waals surface area contributed by atoms with Crippen LogP contribution in [0.15, 0.2) is 17.3 Å². The molecular weight excluding hydrogens is 202 g/mol. The first-order chi connectivity index (χ1) is 6.72. The zero-order valence-electron chi connectivity index (χ0n) is 7.75. The third-order valence-corrected chi connectivity index (χ3v) is 3.04. The molecule has 1 atom stereocenters. The summed E-state index contributed by atoms with van der Waals surface area (Å²) >= 11 is 1.62. The summed E-state index contributed by atoms with van der Waals surface area (Å²) in [6, 6.07) is 0. The minimum Gasteiger partial charge on any atom is -0.477 e. The SMILES string of the molecule is CSN1CCC2N=C(C(=O)O)C=CN21. The molecule has 76 valence electrons. The Kier molecular flexibility index (Phi) is 2.47. The molecule has 1 unspecified atom stereocenters. The predicted molar refractivity (Wildman–Crippen MR) is 54.7 cm³/mol. The smallest absolute Gasteiger partial charge is 0.354 e. The molecule has 2 aliphatic rings. The van der Waals surface area contributed by atoms with E-state index in [-0.39, 0.29) is 11.9 Å². The third kappa shape index (κ3) is 1.51. The van der Waals surface area contributed by atoms with E-state index in [4.69, 9.17) is 5.11 Å². The molecule has 0 bridgehead atoms. The number of carboxylic acid groups (broad SMARTS) is 1. The summed E-state index contributed by atoms with van der Waals surface area (Å²) in [6.45, 7) is 0.909. The van der Waals surface area contributed by atoms with Crippen LogP contribution < -0.4 is 0 Å². The number of aliphatic imine (C=N–C) groups is 1. The molecule has 0 radical (unpaired) electrons. The van der Waals surface area contributed by atoms with E-state index >= 15 is 0 Å². The molecule has 14 heavy (non-hydrogen) atoms. The van der Waals surface area contributed by atoms with Gasteiger partial charge in [-0.15, -0.1) is 0 Å².